The summed E-state index contributed by atoms with van der Waals surface area (Å²) >= 11 is 0. The standard InChI is InChI=1S/C49H61F3N6O10S/c1-29-9-7-8-10-33-27-48(33,44(61)56-69(63,64)47(5)17-18-47)55-41(59)39-26-36(28-58(39)43(60)40(30(2)23-29)54-45(62)68-46(3,4)49(50,51)52)67-42-37-16-15-35(65-6)24-32(37)25-38(53-42)31-11-13-34(14-12-31)57-19-21-66-22-20-57/h8,10-16,24-25,29-30,33,36,39-40H,7,9,17-23,26-28H2,1-6H3,(H,54,62)(H,55,59)(H,56,61). The number of ether oxygens (including phenoxy) is 4. The number of pyridine rings is 1. The third-order valence-electron chi connectivity index (χ3n) is 14.4. The highest BCUT2D eigenvalue weighted by Crippen LogP contribution is 2.48. The lowest BCUT2D eigenvalue weighted by Gasteiger charge is -2.34. The van der Waals surface area contributed by atoms with Crippen molar-refractivity contribution in [2.75, 3.05) is 44.9 Å². The molecule has 0 radical (unpaired) electrons. The molecule has 20 heteroatoms. The Hall–Kier alpha value is -5.63. The lowest BCUT2D eigenvalue weighted by atomic mass is 9.88. The van der Waals surface area contributed by atoms with Gasteiger partial charge in [0.15, 0.2) is 0 Å². The molecule has 0 bridgehead atoms. The van der Waals surface area contributed by atoms with Gasteiger partial charge in [-0.05, 0) is 113 Å². The molecule has 4 heterocycles. The van der Waals surface area contributed by atoms with Gasteiger partial charge in [-0.25, -0.2) is 18.2 Å². The summed E-state index contributed by atoms with van der Waals surface area (Å²) in [4.78, 5) is 65.8. The van der Waals surface area contributed by atoms with E-state index in [1.54, 1.807) is 39.2 Å². The van der Waals surface area contributed by atoms with Gasteiger partial charge in [0.1, 0.15) is 29.5 Å². The minimum absolute atomic E-state index is 0.0581. The molecule has 2 aromatic carbocycles. The number of fused-ring (bicyclic) bond motifs is 3. The first-order valence-electron chi connectivity index (χ1n) is 23.5. The molecule has 69 heavy (non-hydrogen) atoms. The number of hydrogen-bond acceptors (Lipinski definition) is 12. The van der Waals surface area contributed by atoms with Gasteiger partial charge < -0.3 is 39.4 Å². The van der Waals surface area contributed by atoms with Gasteiger partial charge in [-0.3, -0.25) is 19.1 Å². The van der Waals surface area contributed by atoms with Gasteiger partial charge in [0.25, 0.3) is 5.91 Å². The second-order valence-corrected chi connectivity index (χ2v) is 22.2. The van der Waals surface area contributed by atoms with Crippen LogP contribution in [0.2, 0.25) is 0 Å². The van der Waals surface area contributed by atoms with Crippen molar-refractivity contribution in [3.05, 3.63) is 60.7 Å². The molecule has 2 aliphatic carbocycles. The van der Waals surface area contributed by atoms with E-state index in [1.807, 2.05) is 49.4 Å². The number of morpholine rings is 1. The fourth-order valence-corrected chi connectivity index (χ4v) is 10.7. The summed E-state index contributed by atoms with van der Waals surface area (Å²) in [7, 11) is -2.56. The number of amides is 4. The van der Waals surface area contributed by atoms with Crippen LogP contribution in [0.5, 0.6) is 11.6 Å². The molecular weight excluding hydrogens is 922 g/mol. The third-order valence-corrected chi connectivity index (χ3v) is 16.5. The summed E-state index contributed by atoms with van der Waals surface area (Å²) in [5, 5.41) is 6.57. The first-order chi connectivity index (χ1) is 32.5. The molecule has 4 amide bonds. The Labute approximate surface area is 400 Å². The van der Waals surface area contributed by atoms with E-state index in [9.17, 15) is 36.0 Å². The maximum Gasteiger partial charge on any atom is 0.427 e. The van der Waals surface area contributed by atoms with Crippen LogP contribution in [0.4, 0.5) is 23.7 Å². The number of rotatable bonds is 10. The average Bonchev–Trinajstić information content (AvgIpc) is 4.19. The van der Waals surface area contributed by atoms with E-state index < -0.39 is 85.9 Å². The Bertz CT molecular complexity index is 2600. The highest BCUT2D eigenvalue weighted by atomic mass is 32.2. The quantitative estimate of drug-likeness (QED) is 0.189. The number of alkyl halides is 3. The van der Waals surface area contributed by atoms with Gasteiger partial charge in [0.2, 0.25) is 33.3 Å². The number of anilines is 1. The minimum atomic E-state index is -4.93. The van der Waals surface area contributed by atoms with Crippen LogP contribution in [0.25, 0.3) is 22.0 Å². The van der Waals surface area contributed by atoms with Crippen molar-refractivity contribution in [1.29, 1.82) is 0 Å². The molecule has 4 fully saturated rings. The molecule has 0 spiro atoms. The van der Waals surface area contributed by atoms with Crippen LogP contribution in [0, 0.1) is 17.8 Å². The van der Waals surface area contributed by atoms with Crippen LogP contribution in [-0.4, -0.2) is 122 Å². The summed E-state index contributed by atoms with van der Waals surface area (Å²) in [6.45, 7) is 9.11. The van der Waals surface area contributed by atoms with Crippen molar-refractivity contribution in [2.24, 2.45) is 17.8 Å². The first-order valence-corrected chi connectivity index (χ1v) is 25.0. The summed E-state index contributed by atoms with van der Waals surface area (Å²) in [5.41, 5.74) is -2.21. The van der Waals surface area contributed by atoms with Crippen LogP contribution in [0.1, 0.15) is 79.6 Å². The van der Waals surface area contributed by atoms with Gasteiger partial charge in [0, 0.05) is 42.1 Å². The maximum absolute atomic E-state index is 15.1. The number of benzene rings is 2. The predicted octanol–water partition coefficient (Wildman–Crippen LogP) is 6.42. The smallest absolute Gasteiger partial charge is 0.427 e. The molecule has 3 aliphatic heterocycles. The number of halogens is 3. The highest BCUT2D eigenvalue weighted by molar-refractivity contribution is 7.91. The molecule has 2 saturated carbocycles. The zero-order valence-corrected chi connectivity index (χ0v) is 40.5. The summed E-state index contributed by atoms with van der Waals surface area (Å²) in [6, 6.07) is 12.4. The van der Waals surface area contributed by atoms with Gasteiger partial charge in [-0.2, -0.15) is 13.2 Å². The fourth-order valence-electron chi connectivity index (χ4n) is 9.43. The van der Waals surface area contributed by atoms with Crippen molar-refractivity contribution in [1.82, 2.24) is 25.2 Å². The van der Waals surface area contributed by atoms with Crippen LogP contribution in [-0.2, 0) is 33.9 Å². The Balaban J connectivity index is 1.15. The molecule has 1 aromatic heterocycles. The number of aromatic nitrogens is 1. The second kappa shape index (κ2) is 18.9. The van der Waals surface area contributed by atoms with Crippen LogP contribution in [0.3, 0.4) is 0 Å². The molecule has 5 aliphatic rings. The van der Waals surface area contributed by atoms with Gasteiger partial charge in [-0.1, -0.05) is 38.1 Å². The largest absolute Gasteiger partial charge is 0.497 e. The Kier molecular flexibility index (Phi) is 13.7. The van der Waals surface area contributed by atoms with Crippen LogP contribution >= 0.6 is 0 Å². The first kappa shape index (κ1) is 49.8. The zero-order chi connectivity index (χ0) is 49.7. The number of methoxy groups -OCH3 is 1. The van der Waals surface area contributed by atoms with E-state index in [0.717, 1.165) is 29.7 Å². The number of hydrogen-bond donors (Lipinski definition) is 3. The molecule has 8 rings (SSSR count). The molecule has 16 nitrogen and oxygen atoms in total. The van der Waals surface area contributed by atoms with Crippen molar-refractivity contribution in [3.63, 3.8) is 0 Å². The molecule has 3 aromatic rings. The number of sulfonamides is 1. The van der Waals surface area contributed by atoms with E-state index in [4.69, 9.17) is 23.9 Å². The minimum Gasteiger partial charge on any atom is -0.497 e. The third kappa shape index (κ3) is 10.5. The Morgan fingerprint density at radius 3 is 2.38 bits per heavy atom. The number of carbonyl (C=O) groups excluding carboxylic acids is 4. The van der Waals surface area contributed by atoms with E-state index in [2.05, 4.69) is 20.3 Å². The Morgan fingerprint density at radius 1 is 1.00 bits per heavy atom. The van der Waals surface area contributed by atoms with Crippen molar-refractivity contribution in [3.8, 4) is 22.9 Å². The number of carbonyl (C=O) groups is 4. The summed E-state index contributed by atoms with van der Waals surface area (Å²) < 4.78 is 92.2. The van der Waals surface area contributed by atoms with E-state index >= 15 is 4.79 Å². The van der Waals surface area contributed by atoms with Gasteiger partial charge in [0.05, 0.1) is 37.3 Å². The lowest BCUT2D eigenvalue weighted by Crippen LogP contribution is -2.59. The van der Waals surface area contributed by atoms with Crippen molar-refractivity contribution in [2.45, 2.75) is 120 Å². The monoisotopic (exact) mass is 982 g/mol. The second-order valence-electron chi connectivity index (χ2n) is 20.0. The van der Waals surface area contributed by atoms with Crippen molar-refractivity contribution < 1.29 is 59.7 Å². The molecule has 2 saturated heterocycles. The molecule has 374 valence electrons. The predicted molar refractivity (Wildman–Crippen MR) is 250 cm³/mol. The highest BCUT2D eigenvalue weighted by Gasteiger charge is 2.63. The topological polar surface area (TPSA) is 195 Å². The molecular formula is C49H61F3N6O10S. The SMILES string of the molecule is COc1ccc2c(OC3CC4C(=O)NC5(C(=O)NS(=O)(=O)C6(C)CC6)CC5C=CCCC(C)CC(C)C(NC(=O)OC(C)(C)C(F)(F)F)C(=O)N4C3)nc(-c3ccc(N4CCOCC4)cc3)cc2c1. The number of nitrogens with zero attached hydrogens (tertiary/aromatic N) is 3. The molecule has 7 unspecified atom stereocenters. The van der Waals surface area contributed by atoms with E-state index in [1.165, 1.54) is 4.90 Å². The maximum atomic E-state index is 15.1. The summed E-state index contributed by atoms with van der Waals surface area (Å²) in [6.07, 6.45) is -1.52. The molecule has 7 atom stereocenters. The Morgan fingerprint density at radius 2 is 1.71 bits per heavy atom. The summed E-state index contributed by atoms with van der Waals surface area (Å²) in [5.74, 6) is -3.02. The average molecular weight is 983 g/mol. The molecule has 3 N–H and O–H groups in total. The fraction of sp³-hybridized carbons (Fsp3) is 0.571. The van der Waals surface area contributed by atoms with E-state index in [0.29, 0.717) is 76.0 Å². The van der Waals surface area contributed by atoms with Crippen LogP contribution < -0.4 is 29.7 Å². The van der Waals surface area contributed by atoms with Gasteiger partial charge >= 0.3 is 12.3 Å². The number of allylic oxidation sites excluding steroid dienone is 1. The number of alkyl carbamates (subject to hydrolysis) is 1. The number of nitrogens with one attached hydrogen (secondary N) is 3. The normalized spacial score (nSPS) is 27.5. The van der Waals surface area contributed by atoms with E-state index in [-0.39, 0.29) is 31.2 Å². The van der Waals surface area contributed by atoms with Crippen molar-refractivity contribution >= 4 is 50.3 Å². The van der Waals surface area contributed by atoms with Gasteiger partial charge in [-0.15, -0.1) is 0 Å². The van der Waals surface area contributed by atoms with Crippen LogP contribution in [0.15, 0.2) is 60.7 Å². The lowest BCUT2D eigenvalue weighted by molar-refractivity contribution is -0.244. The zero-order valence-electron chi connectivity index (χ0n) is 39.7.